The van der Waals surface area contributed by atoms with Gasteiger partial charge in [0.15, 0.2) is 0 Å². The van der Waals surface area contributed by atoms with Gasteiger partial charge in [-0.2, -0.15) is 30.6 Å². The molecule has 2 heterocycles. The highest BCUT2D eigenvalue weighted by Gasteiger charge is 2.40. The Balaban J connectivity index is 1.69. The molecule has 6 nitrogen and oxygen atoms in total. The van der Waals surface area contributed by atoms with Crippen LogP contribution >= 0.6 is 0 Å². The average molecular weight is 429 g/mol. The van der Waals surface area contributed by atoms with E-state index in [9.17, 15) is 34.8 Å². The third kappa shape index (κ3) is 4.14. The Morgan fingerprint density at radius 1 is 0.929 bits per heavy atom. The highest BCUT2D eigenvalue weighted by atomic mass is 32.2. The molecule has 3 rings (SSSR count). The molecule has 1 saturated heterocycles. The lowest BCUT2D eigenvalue weighted by molar-refractivity contribution is -0.157. The lowest BCUT2D eigenvalue weighted by Gasteiger charge is -2.29. The Hall–Kier alpha value is -2.15. The van der Waals surface area contributed by atoms with Gasteiger partial charge >= 0.3 is 18.2 Å². The Kier molecular flexibility index (Phi) is 5.17. The van der Waals surface area contributed by atoms with E-state index in [1.165, 1.54) is 0 Å². The van der Waals surface area contributed by atoms with Crippen molar-refractivity contribution < 1.29 is 39.2 Å². The van der Waals surface area contributed by atoms with Crippen LogP contribution in [0.15, 0.2) is 33.6 Å². The van der Waals surface area contributed by atoms with Gasteiger partial charge in [-0.05, 0) is 37.1 Å². The number of rotatable bonds is 3. The zero-order valence-electron chi connectivity index (χ0n) is 14.0. The van der Waals surface area contributed by atoms with Gasteiger partial charge in [-0.25, -0.2) is 8.42 Å². The number of sulfonamides is 1. The van der Waals surface area contributed by atoms with E-state index in [4.69, 9.17) is 0 Å². The number of hydrogen-bond donors (Lipinski definition) is 0. The van der Waals surface area contributed by atoms with Gasteiger partial charge in [0.1, 0.15) is 0 Å². The number of nitrogens with zero attached hydrogens (tertiary/aromatic N) is 3. The largest absolute Gasteiger partial charge is 0.470 e. The predicted octanol–water partition coefficient (Wildman–Crippen LogP) is 3.68. The summed E-state index contributed by atoms with van der Waals surface area (Å²) in [6.45, 7) is -0.0878. The van der Waals surface area contributed by atoms with Crippen molar-refractivity contribution in [3.63, 3.8) is 0 Å². The van der Waals surface area contributed by atoms with Crippen molar-refractivity contribution in [1.82, 2.24) is 14.5 Å². The maximum absolute atomic E-state index is 12.6. The maximum atomic E-state index is 12.6. The van der Waals surface area contributed by atoms with Crippen LogP contribution in [0, 0.1) is 0 Å². The van der Waals surface area contributed by atoms with Crippen LogP contribution in [0.4, 0.5) is 26.3 Å². The zero-order valence-corrected chi connectivity index (χ0v) is 14.8. The molecule has 0 spiro atoms. The van der Waals surface area contributed by atoms with Crippen molar-refractivity contribution in [2.24, 2.45) is 0 Å². The maximum Gasteiger partial charge on any atom is 0.470 e. The predicted molar refractivity (Wildman–Crippen MR) is 81.5 cm³/mol. The molecule has 0 amide bonds. The first-order valence-electron chi connectivity index (χ1n) is 7.97. The van der Waals surface area contributed by atoms with Crippen molar-refractivity contribution in [2.75, 3.05) is 13.1 Å². The van der Waals surface area contributed by atoms with E-state index in [1.807, 2.05) is 0 Å². The molecule has 154 valence electrons. The molecule has 1 aromatic heterocycles. The first-order chi connectivity index (χ1) is 12.9. The summed E-state index contributed by atoms with van der Waals surface area (Å²) in [4.78, 5) is -0.295. The molecule has 1 aliphatic rings. The number of halogens is 6. The molecular formula is C15H13F6N3O3S. The van der Waals surface area contributed by atoms with Gasteiger partial charge in [0.05, 0.1) is 10.5 Å². The Bertz CT molecular complexity index is 929. The van der Waals surface area contributed by atoms with Gasteiger partial charge in [-0.1, -0.05) is 0 Å². The van der Waals surface area contributed by atoms with Crippen LogP contribution in [-0.2, 0) is 22.4 Å². The highest BCUT2D eigenvalue weighted by Crippen LogP contribution is 2.34. The van der Waals surface area contributed by atoms with E-state index in [1.54, 1.807) is 0 Å². The van der Waals surface area contributed by atoms with Crippen molar-refractivity contribution in [3.8, 4) is 0 Å². The molecule has 13 heteroatoms. The fourth-order valence-electron chi connectivity index (χ4n) is 2.82. The first-order valence-corrected chi connectivity index (χ1v) is 9.41. The van der Waals surface area contributed by atoms with Crippen LogP contribution in [0.2, 0.25) is 0 Å². The van der Waals surface area contributed by atoms with E-state index >= 15 is 0 Å². The molecule has 0 aliphatic carbocycles. The van der Waals surface area contributed by atoms with Gasteiger partial charge in [-0.15, -0.1) is 10.2 Å². The van der Waals surface area contributed by atoms with Crippen LogP contribution in [0.3, 0.4) is 0 Å². The fraction of sp³-hybridized carbons (Fsp3) is 0.467. The molecule has 2 aromatic rings. The van der Waals surface area contributed by atoms with Gasteiger partial charge < -0.3 is 4.42 Å². The van der Waals surface area contributed by atoms with Crippen molar-refractivity contribution in [1.29, 1.82) is 0 Å². The second kappa shape index (κ2) is 7.03. The highest BCUT2D eigenvalue weighted by molar-refractivity contribution is 7.89. The number of alkyl halides is 6. The average Bonchev–Trinajstić information content (AvgIpc) is 3.12. The van der Waals surface area contributed by atoms with Gasteiger partial charge in [0.25, 0.3) is 0 Å². The molecule has 1 aromatic carbocycles. The lowest BCUT2D eigenvalue weighted by Crippen LogP contribution is -2.38. The molecule has 0 bridgehead atoms. The number of piperidine rings is 1. The van der Waals surface area contributed by atoms with Gasteiger partial charge in [0, 0.05) is 19.0 Å². The van der Waals surface area contributed by atoms with Crippen molar-refractivity contribution >= 4 is 10.0 Å². The number of benzene rings is 1. The number of aromatic nitrogens is 2. The third-order valence-corrected chi connectivity index (χ3v) is 6.22. The molecule has 0 unspecified atom stereocenters. The molecule has 1 aliphatic heterocycles. The molecule has 0 radical (unpaired) electrons. The molecule has 0 saturated carbocycles. The standard InChI is InChI=1S/C15H13F6N3O3S/c16-14(17,18)10-1-3-11(4-2-10)28(25,26)24-7-5-9(6-8-24)12-22-23-13(27-12)15(19,20)21/h1-4,9H,5-8H2. The molecule has 0 atom stereocenters. The third-order valence-electron chi connectivity index (χ3n) is 4.31. The van der Waals surface area contributed by atoms with Crippen LogP contribution in [0.5, 0.6) is 0 Å². The van der Waals surface area contributed by atoms with E-state index in [0.717, 1.165) is 16.4 Å². The van der Waals surface area contributed by atoms with Gasteiger partial charge in [0.2, 0.25) is 15.9 Å². The van der Waals surface area contributed by atoms with Crippen molar-refractivity contribution in [2.45, 2.75) is 36.0 Å². The smallest absolute Gasteiger partial charge is 0.417 e. The SMILES string of the molecule is O=S(=O)(c1ccc(C(F)(F)F)cc1)N1CCC(c2nnc(C(F)(F)F)o2)CC1. The van der Waals surface area contributed by atoms with E-state index < -0.39 is 39.7 Å². The summed E-state index contributed by atoms with van der Waals surface area (Å²) in [5.41, 5.74) is -0.970. The second-order valence-corrected chi connectivity index (χ2v) is 8.08. The summed E-state index contributed by atoms with van der Waals surface area (Å²) in [5, 5.41) is 6.31. The molecular weight excluding hydrogens is 416 g/mol. The minimum atomic E-state index is -4.77. The van der Waals surface area contributed by atoms with Gasteiger partial charge in [-0.3, -0.25) is 0 Å². The minimum Gasteiger partial charge on any atom is -0.417 e. The topological polar surface area (TPSA) is 76.3 Å². The summed E-state index contributed by atoms with van der Waals surface area (Å²) < 4.78 is 106. The van der Waals surface area contributed by atoms with Crippen LogP contribution < -0.4 is 0 Å². The second-order valence-electron chi connectivity index (χ2n) is 6.14. The van der Waals surface area contributed by atoms with E-state index in [-0.39, 0.29) is 36.7 Å². The fourth-order valence-corrected chi connectivity index (χ4v) is 4.29. The number of hydrogen-bond acceptors (Lipinski definition) is 5. The van der Waals surface area contributed by atoms with Crippen LogP contribution in [0.1, 0.15) is 36.1 Å². The minimum absolute atomic E-state index is 0.0439. The van der Waals surface area contributed by atoms with E-state index in [2.05, 4.69) is 14.6 Å². The summed E-state index contributed by atoms with van der Waals surface area (Å²) in [6.07, 6.45) is -9.07. The summed E-state index contributed by atoms with van der Waals surface area (Å²) in [6, 6.07) is 3.10. The quantitative estimate of drug-likeness (QED) is 0.696. The monoisotopic (exact) mass is 429 g/mol. The van der Waals surface area contributed by atoms with Crippen molar-refractivity contribution in [3.05, 3.63) is 41.6 Å². The normalized spacial score (nSPS) is 17.8. The van der Waals surface area contributed by atoms with E-state index in [0.29, 0.717) is 12.1 Å². The zero-order chi connectivity index (χ0) is 20.7. The van der Waals surface area contributed by atoms with Crippen LogP contribution in [0.25, 0.3) is 0 Å². The Labute approximate surface area is 155 Å². The molecule has 0 N–H and O–H groups in total. The lowest BCUT2D eigenvalue weighted by atomic mass is 9.98. The molecule has 1 fully saturated rings. The van der Waals surface area contributed by atoms with Crippen LogP contribution in [-0.4, -0.2) is 36.0 Å². The Morgan fingerprint density at radius 2 is 1.50 bits per heavy atom. The Morgan fingerprint density at radius 3 is 1.96 bits per heavy atom. The summed E-state index contributed by atoms with van der Waals surface area (Å²) in [7, 11) is -4.03. The summed E-state index contributed by atoms with van der Waals surface area (Å²) in [5.74, 6) is -2.23. The summed E-state index contributed by atoms with van der Waals surface area (Å²) >= 11 is 0. The first kappa shape index (κ1) is 20.6. The molecule has 28 heavy (non-hydrogen) atoms.